The Bertz CT molecular complexity index is 1100. The second-order valence-electron chi connectivity index (χ2n) is 8.69. The number of aromatic nitrogens is 2. The van der Waals surface area contributed by atoms with Gasteiger partial charge < -0.3 is 9.47 Å². The second-order valence-corrected chi connectivity index (χ2v) is 10.8. The van der Waals surface area contributed by atoms with Gasteiger partial charge in [0.2, 0.25) is 15.9 Å². The van der Waals surface area contributed by atoms with Gasteiger partial charge in [-0.2, -0.15) is 13.2 Å². The van der Waals surface area contributed by atoms with Crippen LogP contribution in [-0.4, -0.2) is 66.4 Å². The largest absolute Gasteiger partial charge is 0.393 e. The van der Waals surface area contributed by atoms with Crippen LogP contribution in [0.1, 0.15) is 44.9 Å². The van der Waals surface area contributed by atoms with Crippen molar-refractivity contribution in [3.63, 3.8) is 0 Å². The number of hydrogen-bond donors (Lipinski definition) is 0. The first-order chi connectivity index (χ1) is 15.4. The van der Waals surface area contributed by atoms with Crippen molar-refractivity contribution in [1.29, 1.82) is 0 Å². The lowest BCUT2D eigenvalue weighted by Crippen LogP contribution is -2.44. The molecule has 1 fully saturated rings. The molecule has 0 N–H and O–H groups in total. The highest BCUT2D eigenvalue weighted by molar-refractivity contribution is 7.89. The number of carbonyl (C=O) groups excluding carboxylic acids is 1. The van der Waals surface area contributed by atoms with E-state index < -0.39 is 22.1 Å². The number of amides is 1. The van der Waals surface area contributed by atoms with Crippen molar-refractivity contribution in [1.82, 2.24) is 18.8 Å². The quantitative estimate of drug-likeness (QED) is 0.566. The number of rotatable bonds is 8. The molecular weight excluding hydrogens is 457 g/mol. The zero-order chi connectivity index (χ0) is 24.4. The molecule has 11 heteroatoms. The molecule has 2 aromatic rings. The molecule has 1 aliphatic heterocycles. The van der Waals surface area contributed by atoms with Crippen LogP contribution < -0.4 is 0 Å². The van der Waals surface area contributed by atoms with Gasteiger partial charge in [-0.05, 0) is 37.5 Å². The van der Waals surface area contributed by atoms with Crippen molar-refractivity contribution in [3.8, 4) is 0 Å². The minimum Gasteiger partial charge on any atom is -0.342 e. The first-order valence-electron chi connectivity index (χ1n) is 11.2. The molecule has 7 nitrogen and oxygen atoms in total. The minimum absolute atomic E-state index is 0.0539. The number of imidazole rings is 1. The molecule has 3 rings (SSSR count). The molecule has 0 aliphatic carbocycles. The van der Waals surface area contributed by atoms with E-state index in [2.05, 4.69) is 11.9 Å². The maximum Gasteiger partial charge on any atom is 0.393 e. The number of sulfonamides is 1. The Kier molecular flexibility index (Phi) is 7.73. The molecule has 0 saturated carbocycles. The lowest BCUT2D eigenvalue weighted by Gasteiger charge is -2.33. The first kappa shape index (κ1) is 25.5. The van der Waals surface area contributed by atoms with Crippen LogP contribution in [0, 0.1) is 5.92 Å². The Labute approximate surface area is 192 Å². The number of benzene rings is 1. The maximum atomic E-state index is 13.1. The molecule has 1 unspecified atom stereocenters. The van der Waals surface area contributed by atoms with E-state index in [1.165, 1.54) is 25.1 Å². The highest BCUT2D eigenvalue weighted by atomic mass is 32.2. The van der Waals surface area contributed by atoms with Crippen LogP contribution in [0.3, 0.4) is 0 Å². The summed E-state index contributed by atoms with van der Waals surface area (Å²) in [5, 5.41) is 0. The zero-order valence-electron chi connectivity index (χ0n) is 19.2. The first-order valence-corrected chi connectivity index (χ1v) is 12.6. The third-order valence-electron chi connectivity index (χ3n) is 6.11. The van der Waals surface area contributed by atoms with Crippen molar-refractivity contribution in [2.45, 2.75) is 63.1 Å². The van der Waals surface area contributed by atoms with Crippen molar-refractivity contribution in [2.24, 2.45) is 5.92 Å². The van der Waals surface area contributed by atoms with Gasteiger partial charge in [0.05, 0.1) is 21.8 Å². The molecule has 1 aromatic carbocycles. The van der Waals surface area contributed by atoms with Crippen LogP contribution in [0.15, 0.2) is 23.1 Å². The summed E-state index contributed by atoms with van der Waals surface area (Å²) in [6, 6.07) is 4.79. The van der Waals surface area contributed by atoms with Crippen molar-refractivity contribution < 1.29 is 26.4 Å². The van der Waals surface area contributed by atoms with Gasteiger partial charge in [-0.1, -0.05) is 13.3 Å². The number of likely N-dealkylation sites (tertiary alicyclic amines) is 1. The summed E-state index contributed by atoms with van der Waals surface area (Å²) >= 11 is 0. The van der Waals surface area contributed by atoms with Gasteiger partial charge in [-0.3, -0.25) is 4.79 Å². The number of fused-ring (bicyclic) bond motifs is 1. The summed E-state index contributed by atoms with van der Waals surface area (Å²) in [6.45, 7) is 2.76. The Balaban J connectivity index is 1.82. The van der Waals surface area contributed by atoms with Crippen LogP contribution in [0.5, 0.6) is 0 Å². The molecule has 2 heterocycles. The topological polar surface area (TPSA) is 75.5 Å². The van der Waals surface area contributed by atoms with E-state index in [0.29, 0.717) is 30.9 Å². The molecular formula is C22H31F3N4O3S. The Morgan fingerprint density at radius 1 is 1.27 bits per heavy atom. The normalized spacial score (nSPS) is 17.8. The number of halogens is 3. The lowest BCUT2D eigenvalue weighted by atomic mass is 9.97. The molecule has 1 amide bonds. The fourth-order valence-corrected chi connectivity index (χ4v) is 5.06. The standard InChI is InChI=1S/C22H31F3N4O3S/c1-4-5-13-29-19-9-8-17(33(31,32)27(2)3)14-18(19)26-20(29)10-11-21(30)28-12-6-7-16(15-28)22(23,24)25/h8-9,14,16H,4-7,10-13,15H2,1-3H3. The summed E-state index contributed by atoms with van der Waals surface area (Å²) < 4.78 is 67.4. The van der Waals surface area contributed by atoms with Gasteiger partial charge in [-0.15, -0.1) is 0 Å². The van der Waals surface area contributed by atoms with Gasteiger partial charge in [-0.25, -0.2) is 17.7 Å². The molecule has 1 atom stereocenters. The highest BCUT2D eigenvalue weighted by Crippen LogP contribution is 2.33. The number of alkyl halides is 3. The van der Waals surface area contributed by atoms with Gasteiger partial charge in [0.1, 0.15) is 5.82 Å². The number of aryl methyl sites for hydroxylation is 2. The van der Waals surface area contributed by atoms with E-state index in [0.717, 1.165) is 22.7 Å². The summed E-state index contributed by atoms with van der Waals surface area (Å²) in [5.74, 6) is -1.15. The van der Waals surface area contributed by atoms with Crippen LogP contribution in [-0.2, 0) is 27.8 Å². The fraction of sp³-hybridized carbons (Fsp3) is 0.636. The molecule has 0 radical (unpaired) electrons. The predicted octanol–water partition coefficient (Wildman–Crippen LogP) is 3.82. The van der Waals surface area contributed by atoms with E-state index in [4.69, 9.17) is 0 Å². The third-order valence-corrected chi connectivity index (χ3v) is 7.92. The number of piperidine rings is 1. The van der Waals surface area contributed by atoms with E-state index >= 15 is 0 Å². The molecule has 0 bridgehead atoms. The molecule has 1 aliphatic rings. The van der Waals surface area contributed by atoms with E-state index in [1.807, 2.05) is 4.57 Å². The summed E-state index contributed by atoms with van der Waals surface area (Å²) in [6.07, 6.45) is -1.74. The molecule has 0 spiro atoms. The Morgan fingerprint density at radius 2 is 2.00 bits per heavy atom. The maximum absolute atomic E-state index is 13.1. The minimum atomic E-state index is -4.29. The third kappa shape index (κ3) is 5.68. The molecule has 1 saturated heterocycles. The average molecular weight is 489 g/mol. The second kappa shape index (κ2) is 10.0. The smallest absolute Gasteiger partial charge is 0.342 e. The Hall–Kier alpha value is -2.14. The zero-order valence-corrected chi connectivity index (χ0v) is 20.0. The fourth-order valence-electron chi connectivity index (χ4n) is 4.14. The molecule has 1 aromatic heterocycles. The number of unbranched alkanes of at least 4 members (excludes halogenated alkanes) is 1. The summed E-state index contributed by atoms with van der Waals surface area (Å²) in [4.78, 5) is 18.7. The summed E-state index contributed by atoms with van der Waals surface area (Å²) in [7, 11) is -0.698. The molecule has 33 heavy (non-hydrogen) atoms. The van der Waals surface area contributed by atoms with Crippen LogP contribution in [0.4, 0.5) is 13.2 Å². The SMILES string of the molecule is CCCCn1c(CCC(=O)N2CCCC(C(F)(F)F)C2)nc2cc(S(=O)(=O)N(C)C)ccc21. The lowest BCUT2D eigenvalue weighted by molar-refractivity contribution is -0.188. The van der Waals surface area contributed by atoms with Gasteiger partial charge in [0.15, 0.2) is 0 Å². The van der Waals surface area contributed by atoms with E-state index in [-0.39, 0.29) is 36.6 Å². The number of carbonyl (C=O) groups is 1. The Morgan fingerprint density at radius 3 is 2.64 bits per heavy atom. The van der Waals surface area contributed by atoms with Crippen LogP contribution >= 0.6 is 0 Å². The van der Waals surface area contributed by atoms with Gasteiger partial charge in [0, 0.05) is 46.6 Å². The van der Waals surface area contributed by atoms with E-state index in [9.17, 15) is 26.4 Å². The van der Waals surface area contributed by atoms with Crippen LogP contribution in [0.25, 0.3) is 11.0 Å². The van der Waals surface area contributed by atoms with Crippen molar-refractivity contribution in [3.05, 3.63) is 24.0 Å². The van der Waals surface area contributed by atoms with Crippen LogP contribution in [0.2, 0.25) is 0 Å². The number of hydrogen-bond acceptors (Lipinski definition) is 4. The van der Waals surface area contributed by atoms with Gasteiger partial charge >= 0.3 is 6.18 Å². The van der Waals surface area contributed by atoms with Crippen molar-refractivity contribution in [2.75, 3.05) is 27.2 Å². The predicted molar refractivity (Wildman–Crippen MR) is 119 cm³/mol. The number of nitrogens with zero attached hydrogens (tertiary/aromatic N) is 4. The van der Waals surface area contributed by atoms with Crippen molar-refractivity contribution >= 4 is 27.0 Å². The monoisotopic (exact) mass is 488 g/mol. The highest BCUT2D eigenvalue weighted by Gasteiger charge is 2.42. The summed E-state index contributed by atoms with van der Waals surface area (Å²) in [5.41, 5.74) is 1.30. The average Bonchev–Trinajstić information content (AvgIpc) is 3.11. The van der Waals surface area contributed by atoms with Gasteiger partial charge in [0.25, 0.3) is 0 Å². The van der Waals surface area contributed by atoms with E-state index in [1.54, 1.807) is 12.1 Å². The molecule has 184 valence electrons.